The summed E-state index contributed by atoms with van der Waals surface area (Å²) >= 11 is 0. The lowest BCUT2D eigenvalue weighted by Gasteiger charge is -2.29. The molecule has 1 aliphatic heterocycles. The summed E-state index contributed by atoms with van der Waals surface area (Å²) in [5.74, 6) is 0.273. The van der Waals surface area contributed by atoms with E-state index in [1.807, 2.05) is 11.9 Å². The van der Waals surface area contributed by atoms with Gasteiger partial charge in [-0.25, -0.2) is 0 Å². The van der Waals surface area contributed by atoms with Crippen molar-refractivity contribution in [1.82, 2.24) is 9.80 Å². The molecule has 2 aliphatic rings. The number of carbonyl (C=O) groups is 1. The second-order valence-electron chi connectivity index (χ2n) is 6.50. The Morgan fingerprint density at radius 2 is 2.05 bits per heavy atom. The number of rotatable bonds is 5. The maximum Gasteiger partial charge on any atom is 0.224 e. The Morgan fingerprint density at radius 1 is 1.37 bits per heavy atom. The molecule has 110 valence electrons. The van der Waals surface area contributed by atoms with Crippen LogP contribution in [0.3, 0.4) is 0 Å². The van der Waals surface area contributed by atoms with Gasteiger partial charge >= 0.3 is 0 Å². The molecule has 4 nitrogen and oxygen atoms in total. The molecule has 1 unspecified atom stereocenters. The van der Waals surface area contributed by atoms with Crippen LogP contribution in [0.15, 0.2) is 0 Å². The van der Waals surface area contributed by atoms with E-state index < -0.39 is 5.60 Å². The van der Waals surface area contributed by atoms with Gasteiger partial charge in [-0.15, -0.1) is 0 Å². The molecule has 1 heterocycles. The summed E-state index contributed by atoms with van der Waals surface area (Å²) in [7, 11) is 2.01. The minimum atomic E-state index is -0.501. The predicted molar refractivity (Wildman–Crippen MR) is 75.9 cm³/mol. The van der Waals surface area contributed by atoms with Gasteiger partial charge in [-0.05, 0) is 39.7 Å². The highest BCUT2D eigenvalue weighted by molar-refractivity contribution is 5.76. The molecule has 4 heteroatoms. The van der Waals surface area contributed by atoms with Crippen LogP contribution in [0.1, 0.15) is 51.9 Å². The van der Waals surface area contributed by atoms with Crippen molar-refractivity contribution in [3.8, 4) is 0 Å². The van der Waals surface area contributed by atoms with E-state index in [-0.39, 0.29) is 5.91 Å². The van der Waals surface area contributed by atoms with Gasteiger partial charge in [0.2, 0.25) is 5.91 Å². The maximum atomic E-state index is 12.1. The van der Waals surface area contributed by atoms with Gasteiger partial charge in [0.15, 0.2) is 0 Å². The Hall–Kier alpha value is -0.610. The Kier molecular flexibility index (Phi) is 4.85. The number of aliphatic hydroxyl groups is 1. The van der Waals surface area contributed by atoms with Gasteiger partial charge in [-0.1, -0.05) is 12.8 Å². The van der Waals surface area contributed by atoms with Crippen molar-refractivity contribution in [2.45, 2.75) is 63.5 Å². The van der Waals surface area contributed by atoms with Crippen LogP contribution in [-0.4, -0.2) is 59.1 Å². The monoisotopic (exact) mass is 268 g/mol. The molecule has 1 amide bonds. The van der Waals surface area contributed by atoms with E-state index in [9.17, 15) is 9.90 Å². The lowest BCUT2D eigenvalue weighted by atomic mass is 10.0. The summed E-state index contributed by atoms with van der Waals surface area (Å²) in [6.07, 6.45) is 6.95. The summed E-state index contributed by atoms with van der Waals surface area (Å²) < 4.78 is 0. The molecule has 0 radical (unpaired) electrons. The minimum Gasteiger partial charge on any atom is -0.389 e. The molecule has 2 fully saturated rings. The van der Waals surface area contributed by atoms with Crippen LogP contribution in [0.4, 0.5) is 0 Å². The Balaban J connectivity index is 1.71. The summed E-state index contributed by atoms with van der Waals surface area (Å²) in [5.41, 5.74) is -0.501. The predicted octanol–water partition coefficient (Wildman–Crippen LogP) is 1.62. The zero-order valence-corrected chi connectivity index (χ0v) is 12.4. The summed E-state index contributed by atoms with van der Waals surface area (Å²) in [6, 6.07) is 0.414. The first-order valence-electron chi connectivity index (χ1n) is 7.71. The number of carbonyl (C=O) groups excluding carboxylic acids is 1. The largest absolute Gasteiger partial charge is 0.389 e. The van der Waals surface area contributed by atoms with Gasteiger partial charge in [0.1, 0.15) is 0 Å². The van der Waals surface area contributed by atoms with Crippen LogP contribution in [0.25, 0.3) is 0 Å². The van der Waals surface area contributed by atoms with E-state index >= 15 is 0 Å². The second kappa shape index (κ2) is 6.23. The third-order valence-corrected chi connectivity index (χ3v) is 4.68. The van der Waals surface area contributed by atoms with Gasteiger partial charge in [-0.3, -0.25) is 4.79 Å². The summed E-state index contributed by atoms with van der Waals surface area (Å²) in [6.45, 7) is 4.52. The molecule has 0 aromatic rings. The first kappa shape index (κ1) is 14.8. The third-order valence-electron chi connectivity index (χ3n) is 4.68. The fourth-order valence-corrected chi connectivity index (χ4v) is 3.51. The van der Waals surface area contributed by atoms with Gasteiger partial charge in [0, 0.05) is 32.1 Å². The fraction of sp³-hybridized carbons (Fsp3) is 0.933. The number of likely N-dealkylation sites (tertiary alicyclic amines) is 1. The molecule has 1 aliphatic carbocycles. The molecule has 0 aromatic carbocycles. The van der Waals surface area contributed by atoms with E-state index in [4.69, 9.17) is 0 Å². The van der Waals surface area contributed by atoms with Crippen LogP contribution >= 0.6 is 0 Å². The Morgan fingerprint density at radius 3 is 2.63 bits per heavy atom. The number of hydrogen-bond donors (Lipinski definition) is 1. The average Bonchev–Trinajstić information content (AvgIpc) is 2.95. The van der Waals surface area contributed by atoms with Crippen LogP contribution in [0.2, 0.25) is 0 Å². The zero-order valence-electron chi connectivity index (χ0n) is 12.4. The zero-order chi connectivity index (χ0) is 13.9. The van der Waals surface area contributed by atoms with Gasteiger partial charge in [-0.2, -0.15) is 0 Å². The van der Waals surface area contributed by atoms with E-state index in [1.165, 1.54) is 0 Å². The van der Waals surface area contributed by atoms with E-state index in [0.29, 0.717) is 19.0 Å². The highest BCUT2D eigenvalue weighted by Crippen LogP contribution is 2.29. The Labute approximate surface area is 116 Å². The maximum absolute atomic E-state index is 12.1. The third kappa shape index (κ3) is 3.93. The Bertz CT molecular complexity index is 313. The quantitative estimate of drug-likeness (QED) is 0.824. The molecule has 0 aromatic heterocycles. The summed E-state index contributed by atoms with van der Waals surface area (Å²) in [5, 5.41) is 10.3. The van der Waals surface area contributed by atoms with Crippen LogP contribution in [0.5, 0.6) is 0 Å². The van der Waals surface area contributed by atoms with Gasteiger partial charge in [0.25, 0.3) is 0 Å². The van der Waals surface area contributed by atoms with Gasteiger partial charge < -0.3 is 14.9 Å². The standard InChI is InChI=1S/C15H28N2O2/c1-13-6-5-10-17(13)14(18)7-11-16(2)12-15(19)8-3-4-9-15/h13,19H,3-12H2,1-2H3. The lowest BCUT2D eigenvalue weighted by Crippen LogP contribution is -2.41. The molecule has 19 heavy (non-hydrogen) atoms. The van der Waals surface area contributed by atoms with Crippen LogP contribution in [-0.2, 0) is 4.79 Å². The number of nitrogens with zero attached hydrogens (tertiary/aromatic N) is 2. The van der Waals surface area contributed by atoms with Crippen LogP contribution < -0.4 is 0 Å². The fourth-order valence-electron chi connectivity index (χ4n) is 3.51. The molecule has 1 saturated heterocycles. The summed E-state index contributed by atoms with van der Waals surface area (Å²) in [4.78, 5) is 16.2. The second-order valence-corrected chi connectivity index (χ2v) is 6.50. The van der Waals surface area contributed by atoms with Gasteiger partial charge in [0.05, 0.1) is 5.60 Å². The van der Waals surface area contributed by atoms with Crippen molar-refractivity contribution in [2.75, 3.05) is 26.7 Å². The lowest BCUT2D eigenvalue weighted by molar-refractivity contribution is -0.132. The van der Waals surface area contributed by atoms with Crippen molar-refractivity contribution in [1.29, 1.82) is 0 Å². The van der Waals surface area contributed by atoms with E-state index in [1.54, 1.807) is 0 Å². The van der Waals surface area contributed by atoms with Crippen LogP contribution in [0, 0.1) is 0 Å². The van der Waals surface area contributed by atoms with Crippen molar-refractivity contribution < 1.29 is 9.90 Å². The molecule has 1 saturated carbocycles. The van der Waals surface area contributed by atoms with E-state index in [2.05, 4.69) is 11.8 Å². The average molecular weight is 268 g/mol. The number of amides is 1. The van der Waals surface area contributed by atoms with E-state index in [0.717, 1.165) is 51.6 Å². The molecular weight excluding hydrogens is 240 g/mol. The highest BCUT2D eigenvalue weighted by Gasteiger charge is 2.32. The SMILES string of the molecule is CC1CCCN1C(=O)CCN(C)CC1(O)CCCC1. The topological polar surface area (TPSA) is 43.8 Å². The molecule has 0 bridgehead atoms. The molecular formula is C15H28N2O2. The highest BCUT2D eigenvalue weighted by atomic mass is 16.3. The normalized spacial score (nSPS) is 26.3. The van der Waals surface area contributed by atoms with Crippen molar-refractivity contribution >= 4 is 5.91 Å². The number of hydrogen-bond acceptors (Lipinski definition) is 3. The molecule has 1 atom stereocenters. The molecule has 1 N–H and O–H groups in total. The smallest absolute Gasteiger partial charge is 0.224 e. The minimum absolute atomic E-state index is 0.273. The molecule has 0 spiro atoms. The molecule has 2 rings (SSSR count). The van der Waals surface area contributed by atoms with Crippen molar-refractivity contribution in [3.05, 3.63) is 0 Å². The van der Waals surface area contributed by atoms with Crippen molar-refractivity contribution in [3.63, 3.8) is 0 Å². The number of likely N-dealkylation sites (N-methyl/N-ethyl adjacent to an activating group) is 1. The first-order chi connectivity index (χ1) is 9.00. The first-order valence-corrected chi connectivity index (χ1v) is 7.71. The van der Waals surface area contributed by atoms with Crippen molar-refractivity contribution in [2.24, 2.45) is 0 Å².